The molecule has 98 valence electrons. The first-order valence-electron chi connectivity index (χ1n) is 6.34. The minimum absolute atomic E-state index is 0.245. The lowest BCUT2D eigenvalue weighted by Gasteiger charge is -2.05. The summed E-state index contributed by atoms with van der Waals surface area (Å²) in [5.74, 6) is 0.503. The smallest absolute Gasteiger partial charge is 0.373 e. The zero-order valence-corrected chi connectivity index (χ0v) is 10.9. The van der Waals surface area contributed by atoms with Gasteiger partial charge in [-0.05, 0) is 37.5 Å². The molecule has 1 N–H and O–H groups in total. The van der Waals surface area contributed by atoms with Crippen molar-refractivity contribution in [3.8, 4) is 0 Å². The predicted octanol–water partition coefficient (Wildman–Crippen LogP) is 2.61. The van der Waals surface area contributed by atoms with E-state index in [4.69, 9.17) is 4.42 Å². The SMILES string of the molecule is CCC(=Cc1ccc(C(=O)OC)o1)CNC1CC1. The second-order valence-electron chi connectivity index (χ2n) is 4.50. The second-order valence-corrected chi connectivity index (χ2v) is 4.50. The standard InChI is InChI=1S/C14H19NO3/c1-3-10(9-15-11-4-5-11)8-12-6-7-13(18-12)14(16)17-2/h6-8,11,15H,3-5,9H2,1-2H3. The summed E-state index contributed by atoms with van der Waals surface area (Å²) in [5, 5.41) is 3.47. The van der Waals surface area contributed by atoms with Gasteiger partial charge in [-0.3, -0.25) is 0 Å². The molecule has 4 nitrogen and oxygen atoms in total. The topological polar surface area (TPSA) is 51.5 Å². The quantitative estimate of drug-likeness (QED) is 0.787. The zero-order chi connectivity index (χ0) is 13.0. The maximum Gasteiger partial charge on any atom is 0.373 e. The van der Waals surface area contributed by atoms with Gasteiger partial charge >= 0.3 is 5.97 Å². The Morgan fingerprint density at radius 1 is 1.56 bits per heavy atom. The molecule has 0 atom stereocenters. The molecule has 4 heteroatoms. The molecule has 0 aliphatic heterocycles. The molecule has 1 aromatic rings. The van der Waals surface area contributed by atoms with Gasteiger partial charge in [-0.15, -0.1) is 0 Å². The van der Waals surface area contributed by atoms with Gasteiger partial charge in [0.25, 0.3) is 0 Å². The van der Waals surface area contributed by atoms with Crippen LogP contribution in [-0.4, -0.2) is 25.7 Å². The molecular formula is C14H19NO3. The molecule has 0 unspecified atom stereocenters. The Kier molecular flexibility index (Phi) is 4.20. The van der Waals surface area contributed by atoms with Crippen LogP contribution in [0, 0.1) is 0 Å². The van der Waals surface area contributed by atoms with Crippen LogP contribution in [0.4, 0.5) is 0 Å². The summed E-state index contributed by atoms with van der Waals surface area (Å²) in [5.41, 5.74) is 1.27. The predicted molar refractivity (Wildman–Crippen MR) is 69.3 cm³/mol. The van der Waals surface area contributed by atoms with E-state index in [0.29, 0.717) is 11.8 Å². The molecule has 0 radical (unpaired) electrons. The summed E-state index contributed by atoms with van der Waals surface area (Å²) in [4.78, 5) is 11.3. The molecule has 1 aromatic heterocycles. The van der Waals surface area contributed by atoms with Crippen LogP contribution in [0.2, 0.25) is 0 Å². The van der Waals surface area contributed by atoms with Crippen LogP contribution in [-0.2, 0) is 4.74 Å². The van der Waals surface area contributed by atoms with Crippen LogP contribution in [0.3, 0.4) is 0 Å². The average Bonchev–Trinajstić information content (AvgIpc) is 3.11. The minimum Gasteiger partial charge on any atom is -0.463 e. The summed E-state index contributed by atoms with van der Waals surface area (Å²) in [6, 6.07) is 4.13. The Labute approximate surface area is 107 Å². The zero-order valence-electron chi connectivity index (χ0n) is 10.9. The molecule has 0 aromatic carbocycles. The lowest BCUT2D eigenvalue weighted by atomic mass is 10.1. The van der Waals surface area contributed by atoms with Crippen molar-refractivity contribution in [1.82, 2.24) is 5.32 Å². The van der Waals surface area contributed by atoms with Crippen molar-refractivity contribution in [3.63, 3.8) is 0 Å². The fourth-order valence-corrected chi connectivity index (χ4v) is 1.68. The van der Waals surface area contributed by atoms with Crippen molar-refractivity contribution in [3.05, 3.63) is 29.2 Å². The summed E-state index contributed by atoms with van der Waals surface area (Å²) in [6.45, 7) is 3.00. The minimum atomic E-state index is -0.441. The average molecular weight is 249 g/mol. The third-order valence-corrected chi connectivity index (χ3v) is 3.01. The molecule has 0 amide bonds. The van der Waals surface area contributed by atoms with E-state index < -0.39 is 5.97 Å². The van der Waals surface area contributed by atoms with Crippen molar-refractivity contribution in [2.75, 3.05) is 13.7 Å². The van der Waals surface area contributed by atoms with E-state index in [1.807, 2.05) is 6.08 Å². The van der Waals surface area contributed by atoms with E-state index in [0.717, 1.165) is 13.0 Å². The van der Waals surface area contributed by atoms with Crippen LogP contribution < -0.4 is 5.32 Å². The van der Waals surface area contributed by atoms with Gasteiger partial charge in [0.05, 0.1) is 7.11 Å². The van der Waals surface area contributed by atoms with E-state index in [1.54, 1.807) is 12.1 Å². The highest BCUT2D eigenvalue weighted by atomic mass is 16.5. The second kappa shape index (κ2) is 5.87. The molecule has 18 heavy (non-hydrogen) atoms. The first kappa shape index (κ1) is 12.9. The fraction of sp³-hybridized carbons (Fsp3) is 0.500. The third-order valence-electron chi connectivity index (χ3n) is 3.01. The molecule has 1 heterocycles. The highest BCUT2D eigenvalue weighted by Gasteiger charge is 2.20. The number of hydrogen-bond donors (Lipinski definition) is 1. The lowest BCUT2D eigenvalue weighted by molar-refractivity contribution is 0.0564. The molecule has 1 aliphatic rings. The Hall–Kier alpha value is -1.55. The molecule has 2 rings (SSSR count). The first-order valence-corrected chi connectivity index (χ1v) is 6.34. The van der Waals surface area contributed by atoms with Crippen LogP contribution in [0.15, 0.2) is 22.1 Å². The molecular weight excluding hydrogens is 230 g/mol. The van der Waals surface area contributed by atoms with Gasteiger partial charge in [-0.25, -0.2) is 4.79 Å². The Bertz CT molecular complexity index is 444. The van der Waals surface area contributed by atoms with Gasteiger partial charge in [-0.2, -0.15) is 0 Å². The number of nitrogens with one attached hydrogen (secondary N) is 1. The van der Waals surface area contributed by atoms with Crippen molar-refractivity contribution >= 4 is 12.0 Å². The Morgan fingerprint density at radius 2 is 2.33 bits per heavy atom. The van der Waals surface area contributed by atoms with Crippen molar-refractivity contribution in [2.24, 2.45) is 0 Å². The van der Waals surface area contributed by atoms with Gasteiger partial charge in [0.1, 0.15) is 5.76 Å². The maximum atomic E-state index is 11.3. The molecule has 1 saturated carbocycles. The normalized spacial score (nSPS) is 15.8. The number of esters is 1. The summed E-state index contributed by atoms with van der Waals surface area (Å²) >= 11 is 0. The molecule has 1 aliphatic carbocycles. The summed E-state index contributed by atoms with van der Waals surface area (Å²) < 4.78 is 10.0. The van der Waals surface area contributed by atoms with Crippen LogP contribution in [0.25, 0.3) is 6.08 Å². The van der Waals surface area contributed by atoms with E-state index in [9.17, 15) is 4.79 Å². The van der Waals surface area contributed by atoms with Crippen LogP contribution in [0.5, 0.6) is 0 Å². The molecule has 0 saturated heterocycles. The van der Waals surface area contributed by atoms with Gasteiger partial charge in [0, 0.05) is 12.6 Å². The highest BCUT2D eigenvalue weighted by molar-refractivity contribution is 5.86. The number of hydrogen-bond acceptors (Lipinski definition) is 4. The van der Waals surface area contributed by atoms with E-state index in [1.165, 1.54) is 25.5 Å². The maximum absolute atomic E-state index is 11.3. The van der Waals surface area contributed by atoms with Crippen molar-refractivity contribution in [2.45, 2.75) is 32.2 Å². The first-order chi connectivity index (χ1) is 8.72. The van der Waals surface area contributed by atoms with Crippen molar-refractivity contribution < 1.29 is 13.9 Å². The fourth-order valence-electron chi connectivity index (χ4n) is 1.68. The van der Waals surface area contributed by atoms with Gasteiger partial charge in [-0.1, -0.05) is 12.5 Å². The third kappa shape index (κ3) is 3.47. The monoisotopic (exact) mass is 249 g/mol. The molecule has 0 spiro atoms. The van der Waals surface area contributed by atoms with E-state index in [-0.39, 0.29) is 5.76 Å². The van der Waals surface area contributed by atoms with Gasteiger partial charge < -0.3 is 14.5 Å². The lowest BCUT2D eigenvalue weighted by Crippen LogP contribution is -2.18. The van der Waals surface area contributed by atoms with Gasteiger partial charge in [0.15, 0.2) is 0 Å². The molecule has 1 fully saturated rings. The van der Waals surface area contributed by atoms with E-state index in [2.05, 4.69) is 17.0 Å². The Morgan fingerprint density at radius 3 is 2.94 bits per heavy atom. The van der Waals surface area contributed by atoms with Crippen molar-refractivity contribution in [1.29, 1.82) is 0 Å². The summed E-state index contributed by atoms with van der Waals surface area (Å²) in [7, 11) is 1.34. The number of methoxy groups -OCH3 is 1. The number of carbonyl (C=O) groups is 1. The number of ether oxygens (including phenoxy) is 1. The van der Waals surface area contributed by atoms with Crippen LogP contribution in [0.1, 0.15) is 42.5 Å². The largest absolute Gasteiger partial charge is 0.463 e. The highest BCUT2D eigenvalue weighted by Crippen LogP contribution is 2.20. The van der Waals surface area contributed by atoms with E-state index >= 15 is 0 Å². The van der Waals surface area contributed by atoms with Gasteiger partial charge in [0.2, 0.25) is 5.76 Å². The van der Waals surface area contributed by atoms with Crippen LogP contribution >= 0.6 is 0 Å². The summed E-state index contributed by atoms with van der Waals surface area (Å²) in [6.07, 6.45) is 5.52. The Balaban J connectivity index is 1.99. The number of carbonyl (C=O) groups excluding carboxylic acids is 1. The number of furan rings is 1. The number of rotatable bonds is 6. The molecule has 0 bridgehead atoms.